The third-order valence-corrected chi connectivity index (χ3v) is 7.66. The van der Waals surface area contributed by atoms with Crippen LogP contribution in [-0.2, 0) is 38.8 Å². The van der Waals surface area contributed by atoms with Crippen molar-refractivity contribution in [2.24, 2.45) is 0 Å². The minimum Gasteiger partial charge on any atom is -0.357 e. The maximum absolute atomic E-state index is 13.8. The number of nitrogens with zero attached hydrogens (tertiary/aromatic N) is 2. The van der Waals surface area contributed by atoms with E-state index in [0.29, 0.717) is 27.0 Å². The average Bonchev–Trinajstić information content (AvgIpc) is 2.88. The number of hydrogen-bond donors (Lipinski definition) is 1. The summed E-state index contributed by atoms with van der Waals surface area (Å²) in [7, 11) is -2.91. The molecule has 1 unspecified atom stereocenters. The Morgan fingerprint density at radius 2 is 1.60 bits per heavy atom. The average molecular weight is 616 g/mol. The van der Waals surface area contributed by atoms with Gasteiger partial charge in [-0.05, 0) is 41.5 Å². The van der Waals surface area contributed by atoms with E-state index >= 15 is 0 Å². The highest BCUT2D eigenvalue weighted by molar-refractivity contribution is 7.92. The number of hydrogen-bond acceptors (Lipinski definition) is 4. The number of carbonyl (C=O) groups excluding carboxylic acids is 2. The predicted molar refractivity (Wildman–Crippen MR) is 149 cm³/mol. The van der Waals surface area contributed by atoms with Crippen molar-refractivity contribution < 1.29 is 31.2 Å². The van der Waals surface area contributed by atoms with Gasteiger partial charge in [-0.1, -0.05) is 65.7 Å². The van der Waals surface area contributed by atoms with Crippen LogP contribution >= 0.6 is 23.2 Å². The summed E-state index contributed by atoms with van der Waals surface area (Å²) in [6, 6.07) is 16.5. The van der Waals surface area contributed by atoms with Crippen molar-refractivity contribution in [1.29, 1.82) is 0 Å². The molecule has 1 N–H and O–H groups in total. The first-order valence-corrected chi connectivity index (χ1v) is 14.4. The molecule has 214 valence electrons. The number of alkyl halides is 3. The van der Waals surface area contributed by atoms with Gasteiger partial charge in [-0.15, -0.1) is 0 Å². The van der Waals surface area contributed by atoms with Crippen LogP contribution in [0.25, 0.3) is 0 Å². The number of carbonyl (C=O) groups is 2. The molecule has 0 aliphatic carbocycles. The number of benzene rings is 3. The molecule has 0 bridgehead atoms. The molecule has 0 heterocycles. The second-order valence-corrected chi connectivity index (χ2v) is 11.7. The first kappa shape index (κ1) is 31.3. The van der Waals surface area contributed by atoms with E-state index in [-0.39, 0.29) is 18.0 Å². The van der Waals surface area contributed by atoms with Gasteiger partial charge in [0.2, 0.25) is 21.8 Å². The molecular weight excluding hydrogens is 590 g/mol. The Morgan fingerprint density at radius 1 is 0.950 bits per heavy atom. The zero-order valence-corrected chi connectivity index (χ0v) is 23.8. The molecule has 2 amide bonds. The number of rotatable bonds is 10. The van der Waals surface area contributed by atoms with Crippen molar-refractivity contribution in [3.63, 3.8) is 0 Å². The second-order valence-electron chi connectivity index (χ2n) is 8.90. The molecule has 0 fully saturated rings. The van der Waals surface area contributed by atoms with Crippen LogP contribution in [0.2, 0.25) is 10.0 Å². The largest absolute Gasteiger partial charge is 0.416 e. The lowest BCUT2D eigenvalue weighted by Gasteiger charge is -2.33. The SMILES string of the molecule is CNC(=O)C(Cc1ccccc1)N(Cc1cccc(Cl)c1)C(=O)CN(c1cc(C(F)(F)F)ccc1Cl)S(C)(=O)=O. The van der Waals surface area contributed by atoms with Gasteiger partial charge in [0.25, 0.3) is 0 Å². The maximum atomic E-state index is 13.8. The minimum absolute atomic E-state index is 0.0794. The van der Waals surface area contributed by atoms with Gasteiger partial charge in [0.15, 0.2) is 0 Å². The quantitative estimate of drug-likeness (QED) is 0.341. The molecule has 1 atom stereocenters. The van der Waals surface area contributed by atoms with E-state index in [1.54, 1.807) is 54.6 Å². The van der Waals surface area contributed by atoms with Gasteiger partial charge in [-0.3, -0.25) is 13.9 Å². The lowest BCUT2D eigenvalue weighted by Crippen LogP contribution is -2.53. The van der Waals surface area contributed by atoms with Crippen LogP contribution in [0.1, 0.15) is 16.7 Å². The van der Waals surface area contributed by atoms with Gasteiger partial charge in [0, 0.05) is 25.0 Å². The molecule has 0 radical (unpaired) electrons. The van der Waals surface area contributed by atoms with E-state index in [0.717, 1.165) is 17.9 Å². The summed E-state index contributed by atoms with van der Waals surface area (Å²) in [4.78, 5) is 28.1. The Kier molecular flexibility index (Phi) is 10.1. The number of amides is 2. The zero-order valence-electron chi connectivity index (χ0n) is 21.5. The number of nitrogens with one attached hydrogen (secondary N) is 1. The van der Waals surface area contributed by atoms with Crippen LogP contribution < -0.4 is 9.62 Å². The molecule has 0 saturated carbocycles. The van der Waals surface area contributed by atoms with Crippen LogP contribution in [0.4, 0.5) is 18.9 Å². The molecule has 40 heavy (non-hydrogen) atoms. The molecular formula is C27H26Cl2F3N3O4S. The monoisotopic (exact) mass is 615 g/mol. The van der Waals surface area contributed by atoms with E-state index in [9.17, 15) is 31.2 Å². The first-order chi connectivity index (χ1) is 18.7. The Labute approximate surface area is 240 Å². The van der Waals surface area contributed by atoms with Crippen molar-refractivity contribution in [1.82, 2.24) is 10.2 Å². The van der Waals surface area contributed by atoms with E-state index in [1.807, 2.05) is 0 Å². The lowest BCUT2D eigenvalue weighted by atomic mass is 10.0. The second kappa shape index (κ2) is 12.9. The van der Waals surface area contributed by atoms with E-state index in [4.69, 9.17) is 23.2 Å². The Balaban J connectivity index is 2.09. The molecule has 0 aliphatic heterocycles. The van der Waals surface area contributed by atoms with E-state index < -0.39 is 51.9 Å². The molecule has 0 aromatic heterocycles. The Bertz CT molecular complexity index is 1470. The summed E-state index contributed by atoms with van der Waals surface area (Å²) < 4.78 is 66.3. The summed E-state index contributed by atoms with van der Waals surface area (Å²) in [5.41, 5.74) is -0.391. The van der Waals surface area contributed by atoms with Crippen LogP contribution in [0.15, 0.2) is 72.8 Å². The topological polar surface area (TPSA) is 86.8 Å². The Morgan fingerprint density at radius 3 is 2.17 bits per heavy atom. The standard InChI is InChI=1S/C27H26Cl2F3N3O4S/c1-33-26(37)24(14-18-7-4-3-5-8-18)34(16-19-9-6-10-21(28)13-19)25(36)17-35(40(2,38)39)23-15-20(27(30,31)32)11-12-22(23)29/h3-13,15,24H,14,16-17H2,1-2H3,(H,33,37). The highest BCUT2D eigenvalue weighted by atomic mass is 35.5. The third kappa shape index (κ3) is 8.12. The highest BCUT2D eigenvalue weighted by Crippen LogP contribution is 2.36. The zero-order chi connectivity index (χ0) is 29.7. The summed E-state index contributed by atoms with van der Waals surface area (Å²) in [5.74, 6) is -1.37. The van der Waals surface area contributed by atoms with Crippen molar-refractivity contribution in [2.45, 2.75) is 25.2 Å². The van der Waals surface area contributed by atoms with Crippen molar-refractivity contribution >= 4 is 50.7 Å². The molecule has 3 rings (SSSR count). The van der Waals surface area contributed by atoms with E-state index in [2.05, 4.69) is 5.32 Å². The fourth-order valence-electron chi connectivity index (χ4n) is 4.03. The van der Waals surface area contributed by atoms with Gasteiger partial charge in [-0.2, -0.15) is 13.2 Å². The summed E-state index contributed by atoms with van der Waals surface area (Å²) in [5, 5.41) is 2.60. The normalized spacial score (nSPS) is 12.5. The number of anilines is 1. The van der Waals surface area contributed by atoms with Gasteiger partial charge in [0.05, 0.1) is 22.5 Å². The molecule has 3 aromatic rings. The van der Waals surface area contributed by atoms with Crippen LogP contribution in [0.3, 0.4) is 0 Å². The van der Waals surface area contributed by atoms with Gasteiger partial charge in [-0.25, -0.2) is 8.42 Å². The van der Waals surface area contributed by atoms with Crippen molar-refractivity contribution in [2.75, 3.05) is 24.2 Å². The van der Waals surface area contributed by atoms with Crippen molar-refractivity contribution in [3.05, 3.63) is 99.5 Å². The molecule has 0 saturated heterocycles. The smallest absolute Gasteiger partial charge is 0.357 e. The first-order valence-electron chi connectivity index (χ1n) is 11.8. The maximum Gasteiger partial charge on any atom is 0.416 e. The molecule has 7 nitrogen and oxygen atoms in total. The van der Waals surface area contributed by atoms with Gasteiger partial charge < -0.3 is 10.2 Å². The number of halogens is 5. The molecule has 3 aromatic carbocycles. The number of likely N-dealkylation sites (N-methyl/N-ethyl adjacent to an activating group) is 1. The van der Waals surface area contributed by atoms with E-state index in [1.165, 1.54) is 11.9 Å². The molecule has 0 aliphatic rings. The van der Waals surface area contributed by atoms with Crippen molar-refractivity contribution in [3.8, 4) is 0 Å². The number of sulfonamides is 1. The van der Waals surface area contributed by atoms with Crippen LogP contribution in [0, 0.1) is 0 Å². The van der Waals surface area contributed by atoms with Gasteiger partial charge in [0.1, 0.15) is 12.6 Å². The molecule has 13 heteroatoms. The lowest BCUT2D eigenvalue weighted by molar-refractivity contribution is -0.139. The molecule has 0 spiro atoms. The predicted octanol–water partition coefficient (Wildman–Crippen LogP) is 5.16. The van der Waals surface area contributed by atoms with Gasteiger partial charge >= 0.3 is 6.18 Å². The Hall–Kier alpha value is -3.28. The summed E-state index contributed by atoms with van der Waals surface area (Å²) in [6.45, 7) is -1.05. The summed E-state index contributed by atoms with van der Waals surface area (Å²) >= 11 is 12.2. The minimum atomic E-state index is -4.79. The van der Waals surface area contributed by atoms with Crippen LogP contribution in [0.5, 0.6) is 0 Å². The summed E-state index contributed by atoms with van der Waals surface area (Å²) in [6.07, 6.45) is -3.96. The van der Waals surface area contributed by atoms with Crippen LogP contribution in [-0.4, -0.2) is 51.0 Å². The highest BCUT2D eigenvalue weighted by Gasteiger charge is 2.35. The fourth-order valence-corrected chi connectivity index (χ4v) is 5.36. The third-order valence-electron chi connectivity index (χ3n) is 5.98. The fraction of sp³-hybridized carbons (Fsp3) is 0.259.